The summed E-state index contributed by atoms with van der Waals surface area (Å²) in [5, 5.41) is 3.33. The fraction of sp³-hybridized carbons (Fsp3) is 0.625. The monoisotopic (exact) mass is 352 g/mol. The molecule has 7 heteroatoms. The largest absolute Gasteiger partial charge is 0.573 e. The number of nitrogens with zero attached hydrogens (tertiary/aromatic N) is 1. The molecule has 23 heavy (non-hydrogen) atoms. The first-order chi connectivity index (χ1) is 10.5. The van der Waals surface area contributed by atoms with Gasteiger partial charge in [0.1, 0.15) is 5.75 Å². The maximum absolute atomic E-state index is 12.2. The molecule has 1 aromatic rings. The summed E-state index contributed by atoms with van der Waals surface area (Å²) in [4.78, 5) is 2.41. The van der Waals surface area contributed by atoms with Crippen molar-refractivity contribution < 1.29 is 17.9 Å². The molecule has 1 aliphatic rings. The quantitative estimate of drug-likeness (QED) is 0.832. The summed E-state index contributed by atoms with van der Waals surface area (Å²) in [7, 11) is 0. The van der Waals surface area contributed by atoms with Crippen molar-refractivity contribution in [1.29, 1.82) is 0 Å². The van der Waals surface area contributed by atoms with E-state index in [1.807, 2.05) is 0 Å². The Morgan fingerprint density at radius 1 is 1.17 bits per heavy atom. The van der Waals surface area contributed by atoms with Crippen LogP contribution in [0.25, 0.3) is 0 Å². The number of piperazine rings is 1. The molecule has 0 amide bonds. The minimum atomic E-state index is -4.64. The van der Waals surface area contributed by atoms with Crippen LogP contribution >= 0.6 is 12.4 Å². The Labute approximate surface area is 141 Å². The lowest BCUT2D eigenvalue weighted by atomic mass is 9.98. The standard InChI is InChI=1S/C16H23F3N2O.ClH/c1-2-3-4-15(21-11-9-20-10-12-21)13-5-7-14(8-6-13)22-16(17,18)19;/h5-8,15,20H,2-4,9-12H2,1H3;1H/t15-;/m0./s1. The van der Waals surface area contributed by atoms with Crippen LogP contribution in [0.15, 0.2) is 24.3 Å². The van der Waals surface area contributed by atoms with Gasteiger partial charge in [0, 0.05) is 32.2 Å². The molecule has 1 heterocycles. The molecule has 0 unspecified atom stereocenters. The molecule has 1 aliphatic heterocycles. The molecule has 0 spiro atoms. The normalized spacial score (nSPS) is 17.4. The van der Waals surface area contributed by atoms with Crippen LogP contribution in [0, 0.1) is 0 Å². The number of alkyl halides is 3. The fourth-order valence-electron chi connectivity index (χ4n) is 2.84. The Morgan fingerprint density at radius 3 is 2.30 bits per heavy atom. The second kappa shape index (κ2) is 9.35. The van der Waals surface area contributed by atoms with Gasteiger partial charge in [-0.3, -0.25) is 4.90 Å². The Hall–Kier alpha value is -0.980. The Balaban J connectivity index is 0.00000264. The van der Waals surface area contributed by atoms with Crippen molar-refractivity contribution in [2.24, 2.45) is 0 Å². The molecule has 1 atom stereocenters. The number of ether oxygens (including phenoxy) is 1. The van der Waals surface area contributed by atoms with E-state index in [1.54, 1.807) is 12.1 Å². The van der Waals surface area contributed by atoms with Gasteiger partial charge in [-0.1, -0.05) is 31.9 Å². The van der Waals surface area contributed by atoms with E-state index in [1.165, 1.54) is 12.1 Å². The molecule has 0 saturated carbocycles. The molecule has 0 bridgehead atoms. The molecule has 0 aromatic heterocycles. The van der Waals surface area contributed by atoms with Crippen LogP contribution in [0.4, 0.5) is 13.2 Å². The summed E-state index contributed by atoms with van der Waals surface area (Å²) in [6, 6.07) is 6.59. The van der Waals surface area contributed by atoms with Gasteiger partial charge in [0.2, 0.25) is 0 Å². The predicted molar refractivity (Wildman–Crippen MR) is 87.1 cm³/mol. The van der Waals surface area contributed by atoms with Crippen molar-refractivity contribution >= 4 is 12.4 Å². The van der Waals surface area contributed by atoms with Crippen LogP contribution in [-0.4, -0.2) is 37.4 Å². The summed E-state index contributed by atoms with van der Waals surface area (Å²) in [5.74, 6) is -0.161. The molecular formula is C16H24ClF3N2O. The number of hydrogen-bond acceptors (Lipinski definition) is 3. The van der Waals surface area contributed by atoms with Gasteiger partial charge in [0.05, 0.1) is 0 Å². The lowest BCUT2D eigenvalue weighted by Gasteiger charge is -2.35. The van der Waals surface area contributed by atoms with Crippen molar-refractivity contribution in [2.45, 2.75) is 38.6 Å². The second-order valence-corrected chi connectivity index (χ2v) is 5.56. The fourth-order valence-corrected chi connectivity index (χ4v) is 2.84. The van der Waals surface area contributed by atoms with E-state index in [2.05, 4.69) is 21.9 Å². The number of hydrogen-bond donors (Lipinski definition) is 1. The third kappa shape index (κ3) is 6.57. The minimum absolute atomic E-state index is 0. The zero-order valence-corrected chi connectivity index (χ0v) is 14.1. The SMILES string of the molecule is CCCC[C@@H](c1ccc(OC(F)(F)F)cc1)N1CCNCC1.Cl. The molecule has 0 aliphatic carbocycles. The lowest BCUT2D eigenvalue weighted by molar-refractivity contribution is -0.274. The Bertz CT molecular complexity index is 448. The van der Waals surface area contributed by atoms with Gasteiger partial charge in [-0.05, 0) is 24.1 Å². The summed E-state index contributed by atoms with van der Waals surface area (Å²) >= 11 is 0. The maximum Gasteiger partial charge on any atom is 0.573 e. The Kier molecular flexibility index (Phi) is 8.16. The summed E-state index contributed by atoms with van der Waals surface area (Å²) in [5.41, 5.74) is 1.06. The van der Waals surface area contributed by atoms with Crippen LogP contribution in [0.5, 0.6) is 5.75 Å². The minimum Gasteiger partial charge on any atom is -0.406 e. The van der Waals surface area contributed by atoms with E-state index in [0.29, 0.717) is 0 Å². The number of halogens is 4. The van der Waals surface area contributed by atoms with Gasteiger partial charge in [-0.25, -0.2) is 0 Å². The summed E-state index contributed by atoms with van der Waals surface area (Å²) in [6.07, 6.45) is -1.40. The molecule has 0 radical (unpaired) electrons. The summed E-state index contributed by atoms with van der Waals surface area (Å²) in [6.45, 7) is 6.00. The van der Waals surface area contributed by atoms with Crippen molar-refractivity contribution in [2.75, 3.05) is 26.2 Å². The van der Waals surface area contributed by atoms with Gasteiger partial charge >= 0.3 is 6.36 Å². The van der Waals surface area contributed by atoms with E-state index >= 15 is 0 Å². The van der Waals surface area contributed by atoms with E-state index in [4.69, 9.17) is 0 Å². The van der Waals surface area contributed by atoms with E-state index in [0.717, 1.165) is 51.0 Å². The van der Waals surface area contributed by atoms with Gasteiger partial charge in [-0.2, -0.15) is 0 Å². The average molecular weight is 353 g/mol. The molecular weight excluding hydrogens is 329 g/mol. The Morgan fingerprint density at radius 2 is 1.78 bits per heavy atom. The highest BCUT2D eigenvalue weighted by Gasteiger charge is 2.31. The van der Waals surface area contributed by atoms with Crippen molar-refractivity contribution in [1.82, 2.24) is 10.2 Å². The number of unbranched alkanes of at least 4 members (excludes halogenated alkanes) is 1. The zero-order chi connectivity index (χ0) is 16.0. The molecule has 1 saturated heterocycles. The smallest absolute Gasteiger partial charge is 0.406 e. The van der Waals surface area contributed by atoms with E-state index < -0.39 is 6.36 Å². The molecule has 132 valence electrons. The van der Waals surface area contributed by atoms with Crippen LogP contribution in [0.2, 0.25) is 0 Å². The lowest BCUT2D eigenvalue weighted by Crippen LogP contribution is -2.45. The van der Waals surface area contributed by atoms with Crippen molar-refractivity contribution in [3.63, 3.8) is 0 Å². The third-order valence-corrected chi connectivity index (χ3v) is 3.92. The second-order valence-electron chi connectivity index (χ2n) is 5.56. The highest BCUT2D eigenvalue weighted by Crippen LogP contribution is 2.29. The van der Waals surface area contributed by atoms with Crippen molar-refractivity contribution in [3.05, 3.63) is 29.8 Å². The molecule has 3 nitrogen and oxygen atoms in total. The highest BCUT2D eigenvalue weighted by atomic mass is 35.5. The van der Waals surface area contributed by atoms with Crippen LogP contribution in [-0.2, 0) is 0 Å². The first kappa shape index (κ1) is 20.1. The molecule has 1 fully saturated rings. The first-order valence-corrected chi connectivity index (χ1v) is 7.80. The van der Waals surface area contributed by atoms with E-state index in [-0.39, 0.29) is 24.2 Å². The molecule has 2 rings (SSSR count). The van der Waals surface area contributed by atoms with Crippen LogP contribution in [0.1, 0.15) is 37.8 Å². The molecule has 1 aromatic carbocycles. The maximum atomic E-state index is 12.2. The molecule has 1 N–H and O–H groups in total. The van der Waals surface area contributed by atoms with Crippen molar-refractivity contribution in [3.8, 4) is 5.75 Å². The number of nitrogens with one attached hydrogen (secondary N) is 1. The van der Waals surface area contributed by atoms with Gasteiger partial charge in [0.25, 0.3) is 0 Å². The highest BCUT2D eigenvalue weighted by molar-refractivity contribution is 5.85. The van der Waals surface area contributed by atoms with Gasteiger partial charge in [-0.15, -0.1) is 25.6 Å². The van der Waals surface area contributed by atoms with Gasteiger partial charge in [0.15, 0.2) is 0 Å². The topological polar surface area (TPSA) is 24.5 Å². The first-order valence-electron chi connectivity index (χ1n) is 7.80. The van der Waals surface area contributed by atoms with Crippen LogP contribution < -0.4 is 10.1 Å². The zero-order valence-electron chi connectivity index (χ0n) is 13.2. The predicted octanol–water partition coefficient (Wildman–Crippen LogP) is 4.14. The third-order valence-electron chi connectivity index (χ3n) is 3.92. The summed E-state index contributed by atoms with van der Waals surface area (Å²) < 4.78 is 40.6. The number of rotatable bonds is 6. The van der Waals surface area contributed by atoms with Gasteiger partial charge < -0.3 is 10.1 Å². The van der Waals surface area contributed by atoms with E-state index in [9.17, 15) is 13.2 Å². The average Bonchev–Trinajstić information content (AvgIpc) is 2.49. The number of benzene rings is 1. The van der Waals surface area contributed by atoms with Crippen LogP contribution in [0.3, 0.4) is 0 Å².